The van der Waals surface area contributed by atoms with Crippen molar-refractivity contribution in [2.45, 2.75) is 12.5 Å². The van der Waals surface area contributed by atoms with Gasteiger partial charge < -0.3 is 10.2 Å². The van der Waals surface area contributed by atoms with Crippen molar-refractivity contribution in [3.8, 4) is 0 Å². The summed E-state index contributed by atoms with van der Waals surface area (Å²) in [7, 11) is 0. The Morgan fingerprint density at radius 2 is 2.21 bits per heavy atom. The van der Waals surface area contributed by atoms with Gasteiger partial charge in [-0.1, -0.05) is 36.4 Å². The van der Waals surface area contributed by atoms with Crippen molar-refractivity contribution >= 4 is 11.8 Å². The molecule has 1 fully saturated rings. The molecule has 0 aromatic heterocycles. The van der Waals surface area contributed by atoms with Gasteiger partial charge in [-0.3, -0.25) is 0 Å². The van der Waals surface area contributed by atoms with E-state index in [0.29, 0.717) is 6.04 Å². The zero-order chi connectivity index (χ0) is 13.3. The molecular weight excluding hydrogens is 252 g/mol. The van der Waals surface area contributed by atoms with Gasteiger partial charge in [0.2, 0.25) is 0 Å². The molecule has 0 radical (unpaired) electrons. The Labute approximate surface area is 121 Å². The molecule has 0 saturated carbocycles. The molecule has 0 aliphatic carbocycles. The van der Waals surface area contributed by atoms with Crippen LogP contribution in [0.3, 0.4) is 0 Å². The molecule has 1 aliphatic rings. The van der Waals surface area contributed by atoms with Crippen LogP contribution in [0.15, 0.2) is 43.0 Å². The highest BCUT2D eigenvalue weighted by atomic mass is 32.2. The molecule has 0 bridgehead atoms. The molecule has 1 aromatic rings. The van der Waals surface area contributed by atoms with Crippen molar-refractivity contribution in [1.29, 1.82) is 0 Å². The summed E-state index contributed by atoms with van der Waals surface area (Å²) in [5.41, 5.74) is 1.41. The number of hydrogen-bond donors (Lipinski definition) is 1. The van der Waals surface area contributed by atoms with Gasteiger partial charge >= 0.3 is 0 Å². The van der Waals surface area contributed by atoms with Gasteiger partial charge in [-0.05, 0) is 25.1 Å². The lowest BCUT2D eigenvalue weighted by Gasteiger charge is -2.24. The SMILES string of the molecule is C=CCSCCN1CCCNC(c2ccccc2)C1. The van der Waals surface area contributed by atoms with Crippen molar-refractivity contribution in [1.82, 2.24) is 10.2 Å². The fourth-order valence-corrected chi connectivity index (χ4v) is 3.19. The summed E-state index contributed by atoms with van der Waals surface area (Å²) in [4.78, 5) is 2.59. The third kappa shape index (κ3) is 5.01. The van der Waals surface area contributed by atoms with Crippen LogP contribution in [-0.2, 0) is 0 Å². The molecular formula is C16H24N2S. The minimum atomic E-state index is 0.480. The highest BCUT2D eigenvalue weighted by Gasteiger charge is 2.18. The maximum Gasteiger partial charge on any atom is 0.0449 e. The first-order chi connectivity index (χ1) is 9.40. The van der Waals surface area contributed by atoms with E-state index in [1.54, 1.807) is 0 Å². The van der Waals surface area contributed by atoms with E-state index >= 15 is 0 Å². The van der Waals surface area contributed by atoms with E-state index in [0.717, 1.165) is 18.8 Å². The van der Waals surface area contributed by atoms with Gasteiger partial charge in [-0.25, -0.2) is 0 Å². The highest BCUT2D eigenvalue weighted by molar-refractivity contribution is 7.99. The molecule has 1 aliphatic heterocycles. The molecule has 1 heterocycles. The molecule has 1 saturated heterocycles. The van der Waals surface area contributed by atoms with Crippen molar-refractivity contribution < 1.29 is 0 Å². The van der Waals surface area contributed by atoms with Crippen LogP contribution in [-0.4, -0.2) is 42.6 Å². The lowest BCUT2D eigenvalue weighted by molar-refractivity contribution is 0.285. The minimum absolute atomic E-state index is 0.480. The Kier molecular flexibility index (Phi) is 6.48. The van der Waals surface area contributed by atoms with E-state index in [4.69, 9.17) is 0 Å². The van der Waals surface area contributed by atoms with Gasteiger partial charge in [0.1, 0.15) is 0 Å². The van der Waals surface area contributed by atoms with Crippen LogP contribution in [0.1, 0.15) is 18.0 Å². The van der Waals surface area contributed by atoms with E-state index < -0.39 is 0 Å². The fraction of sp³-hybridized carbons (Fsp3) is 0.500. The van der Waals surface area contributed by atoms with E-state index in [2.05, 4.69) is 47.1 Å². The van der Waals surface area contributed by atoms with Crippen LogP contribution in [0, 0.1) is 0 Å². The Bertz CT molecular complexity index is 366. The Balaban J connectivity index is 1.86. The summed E-state index contributed by atoms with van der Waals surface area (Å²) >= 11 is 1.97. The number of hydrogen-bond acceptors (Lipinski definition) is 3. The van der Waals surface area contributed by atoms with Crippen molar-refractivity contribution in [2.75, 3.05) is 37.7 Å². The van der Waals surface area contributed by atoms with Gasteiger partial charge in [0.15, 0.2) is 0 Å². The van der Waals surface area contributed by atoms with Gasteiger partial charge in [0, 0.05) is 30.6 Å². The van der Waals surface area contributed by atoms with Crippen LogP contribution in [0.4, 0.5) is 0 Å². The molecule has 1 aromatic carbocycles. The zero-order valence-electron chi connectivity index (χ0n) is 11.6. The molecule has 0 spiro atoms. The Morgan fingerprint density at radius 3 is 3.00 bits per heavy atom. The van der Waals surface area contributed by atoms with Gasteiger partial charge in [0.25, 0.3) is 0 Å². The topological polar surface area (TPSA) is 15.3 Å². The number of thioether (sulfide) groups is 1. The van der Waals surface area contributed by atoms with Crippen LogP contribution in [0.5, 0.6) is 0 Å². The maximum absolute atomic E-state index is 3.77. The second kappa shape index (κ2) is 8.41. The van der Waals surface area contributed by atoms with E-state index in [9.17, 15) is 0 Å². The maximum atomic E-state index is 3.77. The molecule has 104 valence electrons. The number of nitrogens with one attached hydrogen (secondary N) is 1. The second-order valence-corrected chi connectivity index (χ2v) is 6.08. The molecule has 1 unspecified atom stereocenters. The molecule has 1 N–H and O–H groups in total. The summed E-state index contributed by atoms with van der Waals surface area (Å²) in [6, 6.07) is 11.3. The first-order valence-electron chi connectivity index (χ1n) is 7.09. The zero-order valence-corrected chi connectivity index (χ0v) is 12.4. The average Bonchev–Trinajstić information content (AvgIpc) is 2.70. The predicted molar refractivity (Wildman–Crippen MR) is 85.8 cm³/mol. The number of rotatable bonds is 6. The lowest BCUT2D eigenvalue weighted by Crippen LogP contribution is -2.32. The van der Waals surface area contributed by atoms with Crippen molar-refractivity contribution in [3.63, 3.8) is 0 Å². The van der Waals surface area contributed by atoms with Gasteiger partial charge in [-0.15, -0.1) is 6.58 Å². The lowest BCUT2D eigenvalue weighted by atomic mass is 10.1. The van der Waals surface area contributed by atoms with Crippen LogP contribution in [0.2, 0.25) is 0 Å². The van der Waals surface area contributed by atoms with Crippen LogP contribution < -0.4 is 5.32 Å². The van der Waals surface area contributed by atoms with Crippen LogP contribution in [0.25, 0.3) is 0 Å². The largest absolute Gasteiger partial charge is 0.309 e. The number of nitrogens with zero attached hydrogens (tertiary/aromatic N) is 1. The second-order valence-electron chi connectivity index (χ2n) is 4.94. The third-order valence-corrected chi connectivity index (χ3v) is 4.41. The quantitative estimate of drug-likeness (QED) is 0.635. The standard InChI is InChI=1S/C16H24N2S/c1-2-12-19-13-11-18-10-6-9-17-16(14-18)15-7-4-3-5-8-15/h2-5,7-8,16-17H,1,6,9-14H2. The van der Waals surface area contributed by atoms with E-state index in [1.807, 2.05) is 17.8 Å². The highest BCUT2D eigenvalue weighted by Crippen LogP contribution is 2.17. The summed E-state index contributed by atoms with van der Waals surface area (Å²) < 4.78 is 0. The fourth-order valence-electron chi connectivity index (χ4n) is 2.47. The summed E-state index contributed by atoms with van der Waals surface area (Å²) in [6.45, 7) is 8.41. The van der Waals surface area contributed by atoms with Gasteiger partial charge in [-0.2, -0.15) is 11.8 Å². The monoisotopic (exact) mass is 276 g/mol. The Morgan fingerprint density at radius 1 is 1.37 bits per heavy atom. The molecule has 0 amide bonds. The predicted octanol–water partition coefficient (Wildman–Crippen LogP) is 2.94. The Hall–Kier alpha value is -0.770. The summed E-state index contributed by atoms with van der Waals surface area (Å²) in [5.74, 6) is 2.27. The minimum Gasteiger partial charge on any atom is -0.309 e. The average molecular weight is 276 g/mol. The van der Waals surface area contributed by atoms with Crippen molar-refractivity contribution in [3.05, 3.63) is 48.6 Å². The van der Waals surface area contributed by atoms with E-state index in [1.165, 1.54) is 30.8 Å². The molecule has 3 heteroatoms. The molecule has 2 nitrogen and oxygen atoms in total. The smallest absolute Gasteiger partial charge is 0.0449 e. The van der Waals surface area contributed by atoms with E-state index in [-0.39, 0.29) is 0 Å². The van der Waals surface area contributed by atoms with Crippen molar-refractivity contribution in [2.24, 2.45) is 0 Å². The molecule has 1 atom stereocenters. The van der Waals surface area contributed by atoms with Gasteiger partial charge in [0.05, 0.1) is 0 Å². The van der Waals surface area contributed by atoms with Crippen LogP contribution >= 0.6 is 11.8 Å². The number of benzene rings is 1. The first kappa shape index (κ1) is 14.6. The molecule has 19 heavy (non-hydrogen) atoms. The summed E-state index contributed by atoms with van der Waals surface area (Å²) in [5, 5.41) is 3.66. The first-order valence-corrected chi connectivity index (χ1v) is 8.25. The summed E-state index contributed by atoms with van der Waals surface area (Å²) in [6.07, 6.45) is 3.23. The molecule has 2 rings (SSSR count). The normalized spacial score (nSPS) is 20.9. The third-order valence-electron chi connectivity index (χ3n) is 3.47.